The number of hydrogen-bond acceptors (Lipinski definition) is 7. The molecule has 0 aromatic carbocycles. The zero-order chi connectivity index (χ0) is 14.8. The van der Waals surface area contributed by atoms with E-state index in [1.807, 2.05) is 0 Å². The van der Waals surface area contributed by atoms with E-state index in [1.54, 1.807) is 0 Å². The summed E-state index contributed by atoms with van der Waals surface area (Å²) in [5.74, 6) is -0.618. The van der Waals surface area contributed by atoms with E-state index in [1.165, 1.54) is 12.6 Å². The smallest absolute Gasteiger partial charge is 0.358 e. The van der Waals surface area contributed by atoms with E-state index in [0.29, 0.717) is 6.54 Å². The molecule has 1 aliphatic carbocycles. The maximum Gasteiger partial charge on any atom is 0.358 e. The predicted octanol–water partition coefficient (Wildman–Crippen LogP) is 0.335. The molecule has 2 rings (SSSR count). The number of methoxy groups -OCH3 is 1. The first-order valence-corrected chi connectivity index (χ1v) is 8.60. The Morgan fingerprint density at radius 1 is 1.60 bits per heavy atom. The maximum absolute atomic E-state index is 12.4. The number of aromatic nitrogens is 1. The van der Waals surface area contributed by atoms with E-state index < -0.39 is 16.0 Å². The van der Waals surface area contributed by atoms with Gasteiger partial charge in [0, 0.05) is 6.04 Å². The third-order valence-electron chi connectivity index (χ3n) is 3.43. The van der Waals surface area contributed by atoms with Crippen LogP contribution in [-0.2, 0) is 14.8 Å². The van der Waals surface area contributed by atoms with Crippen molar-refractivity contribution in [1.82, 2.24) is 9.71 Å². The van der Waals surface area contributed by atoms with Gasteiger partial charge in [-0.25, -0.2) is 22.9 Å². The summed E-state index contributed by atoms with van der Waals surface area (Å²) in [6.45, 7) is 0.444. The largest absolute Gasteiger partial charge is 0.464 e. The normalized spacial score (nSPS) is 22.9. The van der Waals surface area contributed by atoms with Gasteiger partial charge >= 0.3 is 5.97 Å². The Morgan fingerprint density at radius 3 is 3.00 bits per heavy atom. The Hall–Kier alpha value is -1.03. The van der Waals surface area contributed by atoms with E-state index in [9.17, 15) is 13.2 Å². The minimum Gasteiger partial charge on any atom is -0.464 e. The van der Waals surface area contributed by atoms with Gasteiger partial charge in [0.2, 0.25) is 0 Å². The van der Waals surface area contributed by atoms with Gasteiger partial charge in [-0.05, 0) is 25.3 Å². The monoisotopic (exact) mass is 319 g/mol. The molecule has 1 aromatic heterocycles. The molecule has 0 bridgehead atoms. The summed E-state index contributed by atoms with van der Waals surface area (Å²) in [7, 11) is -2.59. The standard InChI is InChI=1S/C11H17N3O4S2/c1-18-10(15)9-11(19-6-13-9)20(16,17)14-8-4-2-3-7(8)5-12/h6-8,14H,2-5,12H2,1H3/t7-,8+/m0/s1. The number of thiazole rings is 1. The summed E-state index contributed by atoms with van der Waals surface area (Å²) in [5, 5.41) is 0. The molecule has 1 fully saturated rings. The summed E-state index contributed by atoms with van der Waals surface area (Å²) in [4.78, 5) is 15.3. The van der Waals surface area contributed by atoms with Gasteiger partial charge in [0.05, 0.1) is 12.6 Å². The van der Waals surface area contributed by atoms with Crippen LogP contribution in [0.4, 0.5) is 0 Å². The Labute approximate surface area is 121 Å². The van der Waals surface area contributed by atoms with Gasteiger partial charge in [0.25, 0.3) is 10.0 Å². The molecule has 1 aliphatic rings. The molecule has 2 atom stereocenters. The molecular formula is C11H17N3O4S2. The van der Waals surface area contributed by atoms with Crippen LogP contribution in [0.5, 0.6) is 0 Å². The Morgan fingerprint density at radius 2 is 2.35 bits per heavy atom. The van der Waals surface area contributed by atoms with Gasteiger partial charge in [-0.3, -0.25) is 0 Å². The second-order valence-electron chi connectivity index (χ2n) is 4.63. The second kappa shape index (κ2) is 6.17. The molecular weight excluding hydrogens is 302 g/mol. The van der Waals surface area contributed by atoms with Crippen molar-refractivity contribution in [3.8, 4) is 0 Å². The van der Waals surface area contributed by atoms with Crippen LogP contribution in [0.2, 0.25) is 0 Å². The van der Waals surface area contributed by atoms with E-state index in [4.69, 9.17) is 5.73 Å². The molecule has 0 amide bonds. The van der Waals surface area contributed by atoms with Gasteiger partial charge in [-0.2, -0.15) is 0 Å². The molecule has 20 heavy (non-hydrogen) atoms. The van der Waals surface area contributed by atoms with Crippen LogP contribution >= 0.6 is 11.3 Å². The first-order chi connectivity index (χ1) is 9.49. The number of carbonyl (C=O) groups excluding carboxylic acids is 1. The van der Waals surface area contributed by atoms with Crippen molar-refractivity contribution in [2.24, 2.45) is 11.7 Å². The first kappa shape index (κ1) is 15.4. The zero-order valence-corrected chi connectivity index (χ0v) is 12.7. The van der Waals surface area contributed by atoms with Gasteiger partial charge in [-0.1, -0.05) is 6.42 Å². The number of sulfonamides is 1. The highest BCUT2D eigenvalue weighted by Crippen LogP contribution is 2.28. The van der Waals surface area contributed by atoms with Crippen molar-refractivity contribution in [2.45, 2.75) is 29.5 Å². The average Bonchev–Trinajstić information content (AvgIpc) is 3.05. The maximum atomic E-state index is 12.4. The fourth-order valence-corrected chi connectivity index (χ4v) is 4.87. The number of carbonyl (C=O) groups is 1. The summed E-state index contributed by atoms with van der Waals surface area (Å²) < 4.78 is 31.8. The number of nitrogens with one attached hydrogen (secondary N) is 1. The molecule has 9 heteroatoms. The number of nitrogens with two attached hydrogens (primary N) is 1. The fourth-order valence-electron chi connectivity index (χ4n) is 2.39. The molecule has 1 heterocycles. The van der Waals surface area contributed by atoms with Crippen molar-refractivity contribution in [1.29, 1.82) is 0 Å². The average molecular weight is 319 g/mol. The number of rotatable bonds is 5. The van der Waals surface area contributed by atoms with Crippen molar-refractivity contribution in [3.63, 3.8) is 0 Å². The molecule has 0 radical (unpaired) electrons. The Bertz CT molecular complexity index is 584. The quantitative estimate of drug-likeness (QED) is 0.757. The molecule has 0 unspecified atom stereocenters. The van der Waals surface area contributed by atoms with Gasteiger partial charge in [0.1, 0.15) is 0 Å². The van der Waals surface area contributed by atoms with Crippen molar-refractivity contribution in [3.05, 3.63) is 11.2 Å². The molecule has 3 N–H and O–H groups in total. The third kappa shape index (κ3) is 3.00. The van der Waals surface area contributed by atoms with E-state index in [2.05, 4.69) is 14.4 Å². The van der Waals surface area contributed by atoms with Crippen LogP contribution in [-0.4, -0.2) is 39.1 Å². The lowest BCUT2D eigenvalue weighted by Gasteiger charge is -2.18. The fraction of sp³-hybridized carbons (Fsp3) is 0.636. The molecule has 0 saturated heterocycles. The SMILES string of the molecule is COC(=O)c1ncsc1S(=O)(=O)N[C@@H]1CCC[C@H]1CN. The van der Waals surface area contributed by atoms with Crippen molar-refractivity contribution < 1.29 is 17.9 Å². The van der Waals surface area contributed by atoms with Gasteiger partial charge < -0.3 is 10.5 Å². The van der Waals surface area contributed by atoms with E-state index >= 15 is 0 Å². The molecule has 112 valence electrons. The predicted molar refractivity (Wildman–Crippen MR) is 74.0 cm³/mol. The van der Waals surface area contributed by atoms with Crippen LogP contribution in [0.1, 0.15) is 29.8 Å². The highest BCUT2D eigenvalue weighted by atomic mass is 32.2. The van der Waals surface area contributed by atoms with Crippen LogP contribution in [0, 0.1) is 5.92 Å². The summed E-state index contributed by atoms with van der Waals surface area (Å²) in [6.07, 6.45) is 2.62. The zero-order valence-electron chi connectivity index (χ0n) is 11.0. The first-order valence-electron chi connectivity index (χ1n) is 6.23. The molecule has 0 aliphatic heterocycles. The lowest BCUT2D eigenvalue weighted by molar-refractivity contribution is 0.0590. The molecule has 0 spiro atoms. The third-order valence-corrected chi connectivity index (χ3v) is 6.29. The lowest BCUT2D eigenvalue weighted by atomic mass is 10.1. The number of ether oxygens (including phenoxy) is 1. The summed E-state index contributed by atoms with van der Waals surface area (Å²) in [5.41, 5.74) is 6.78. The van der Waals surface area contributed by atoms with Gasteiger partial charge in [-0.15, -0.1) is 11.3 Å². The highest BCUT2D eigenvalue weighted by molar-refractivity contribution is 7.91. The highest BCUT2D eigenvalue weighted by Gasteiger charge is 2.33. The molecule has 1 saturated carbocycles. The van der Waals surface area contributed by atoms with Crippen LogP contribution < -0.4 is 10.5 Å². The summed E-state index contributed by atoms with van der Waals surface area (Å²) >= 11 is 0.899. The van der Waals surface area contributed by atoms with Crippen LogP contribution in [0.15, 0.2) is 9.72 Å². The second-order valence-corrected chi connectivity index (χ2v) is 7.40. The Balaban J connectivity index is 2.23. The van der Waals surface area contributed by atoms with Crippen LogP contribution in [0.3, 0.4) is 0 Å². The van der Waals surface area contributed by atoms with Crippen LogP contribution in [0.25, 0.3) is 0 Å². The lowest BCUT2D eigenvalue weighted by Crippen LogP contribution is -2.40. The summed E-state index contributed by atoms with van der Waals surface area (Å²) in [6, 6.07) is -0.183. The van der Waals surface area contributed by atoms with E-state index in [-0.39, 0.29) is 21.9 Å². The molecule has 1 aromatic rings. The topological polar surface area (TPSA) is 111 Å². The van der Waals surface area contributed by atoms with Crippen molar-refractivity contribution >= 4 is 27.3 Å². The number of hydrogen-bond donors (Lipinski definition) is 2. The van der Waals surface area contributed by atoms with Gasteiger partial charge in [0.15, 0.2) is 9.90 Å². The minimum absolute atomic E-state index is 0.105. The number of esters is 1. The number of nitrogens with zero attached hydrogens (tertiary/aromatic N) is 1. The van der Waals surface area contributed by atoms with E-state index in [0.717, 1.165) is 30.6 Å². The Kier molecular flexibility index (Phi) is 4.74. The minimum atomic E-state index is -3.78. The van der Waals surface area contributed by atoms with Crippen molar-refractivity contribution in [2.75, 3.05) is 13.7 Å². The molecule has 7 nitrogen and oxygen atoms in total.